The second-order valence-corrected chi connectivity index (χ2v) is 5.37. The molecule has 0 saturated carbocycles. The Bertz CT molecular complexity index is 801. The van der Waals surface area contributed by atoms with Gasteiger partial charge in [0, 0.05) is 19.9 Å². The highest BCUT2D eigenvalue weighted by atomic mass is 19.1. The number of halogens is 1. The monoisotopic (exact) mass is 376 g/mol. The lowest BCUT2D eigenvalue weighted by molar-refractivity contribution is -0.139. The third kappa shape index (κ3) is 4.53. The predicted octanol–water partition coefficient (Wildman–Crippen LogP) is 2.37. The second-order valence-electron chi connectivity index (χ2n) is 5.37. The molecule has 0 amide bonds. The first kappa shape index (κ1) is 20.2. The lowest BCUT2D eigenvalue weighted by atomic mass is 10.1. The number of nitrogens with one attached hydrogen (secondary N) is 1. The zero-order chi connectivity index (χ0) is 19.8. The van der Waals surface area contributed by atoms with E-state index in [1.54, 1.807) is 25.3 Å². The van der Waals surface area contributed by atoms with Crippen molar-refractivity contribution >= 4 is 23.3 Å². The average Bonchev–Trinajstić information content (AvgIpc) is 2.90. The Morgan fingerprint density at radius 3 is 2.52 bits per heavy atom. The van der Waals surface area contributed by atoms with Crippen molar-refractivity contribution in [2.75, 3.05) is 44.7 Å². The number of benzene rings is 1. The Labute approximate surface area is 156 Å². The van der Waals surface area contributed by atoms with Crippen molar-refractivity contribution in [2.24, 2.45) is 0 Å². The number of anilines is 2. The first-order valence-corrected chi connectivity index (χ1v) is 8.11. The van der Waals surface area contributed by atoms with Gasteiger partial charge in [0.15, 0.2) is 0 Å². The number of rotatable bonds is 7. The molecule has 0 saturated heterocycles. The zero-order valence-corrected chi connectivity index (χ0v) is 15.3. The van der Waals surface area contributed by atoms with E-state index >= 15 is 0 Å². The van der Waals surface area contributed by atoms with Crippen molar-refractivity contribution in [1.82, 2.24) is 0 Å². The summed E-state index contributed by atoms with van der Waals surface area (Å²) in [7, 11) is 3.93. The minimum atomic E-state index is -0.808. The molecule has 1 aromatic carbocycles. The van der Waals surface area contributed by atoms with Crippen LogP contribution >= 0.6 is 0 Å². The predicted molar refractivity (Wildman–Crippen MR) is 98.6 cm³/mol. The standard InChI is InChI=1S/C19H21FN2O5/c1-25-12-10-21-15-9-6-8-14(20)17(15)22-11-5-4-7-13(18(23)26-2)16(22)19(24)27-3/h4-9,11,21H,10,12H2,1-3H3. The van der Waals surface area contributed by atoms with E-state index in [2.05, 4.69) is 5.32 Å². The van der Waals surface area contributed by atoms with Crippen LogP contribution in [0.1, 0.15) is 0 Å². The molecule has 7 nitrogen and oxygen atoms in total. The molecule has 0 unspecified atom stereocenters. The van der Waals surface area contributed by atoms with E-state index in [9.17, 15) is 14.0 Å². The fraction of sp³-hybridized carbons (Fsp3) is 0.263. The van der Waals surface area contributed by atoms with Gasteiger partial charge in [-0.25, -0.2) is 14.0 Å². The lowest BCUT2D eigenvalue weighted by Gasteiger charge is -2.26. The molecule has 0 radical (unpaired) electrons. The number of hydrogen-bond donors (Lipinski definition) is 1. The minimum absolute atomic E-state index is 0.0551. The maximum atomic E-state index is 14.8. The van der Waals surface area contributed by atoms with Gasteiger partial charge in [-0.15, -0.1) is 0 Å². The fourth-order valence-corrected chi connectivity index (χ4v) is 2.53. The first-order valence-electron chi connectivity index (χ1n) is 8.11. The molecule has 0 aromatic heterocycles. The van der Waals surface area contributed by atoms with Gasteiger partial charge in [-0.05, 0) is 24.3 Å². The molecule has 1 aliphatic rings. The summed E-state index contributed by atoms with van der Waals surface area (Å²) in [5.74, 6) is -2.14. The van der Waals surface area contributed by atoms with E-state index < -0.39 is 17.8 Å². The van der Waals surface area contributed by atoms with Gasteiger partial charge in [-0.3, -0.25) is 0 Å². The van der Waals surface area contributed by atoms with E-state index in [1.807, 2.05) is 0 Å². The number of carbonyl (C=O) groups is 2. The highest BCUT2D eigenvalue weighted by Gasteiger charge is 2.30. The normalized spacial score (nSPS) is 13.4. The van der Waals surface area contributed by atoms with Crippen molar-refractivity contribution in [3.63, 3.8) is 0 Å². The lowest BCUT2D eigenvalue weighted by Crippen LogP contribution is -2.28. The van der Waals surface area contributed by atoms with Gasteiger partial charge in [0.1, 0.15) is 17.2 Å². The highest BCUT2D eigenvalue weighted by molar-refractivity contribution is 6.06. The number of esters is 2. The van der Waals surface area contributed by atoms with Crippen LogP contribution in [0.15, 0.2) is 53.9 Å². The second kappa shape index (κ2) is 9.54. The number of nitrogens with zero attached hydrogens (tertiary/aromatic N) is 1. The molecular weight excluding hydrogens is 355 g/mol. The molecule has 1 N–H and O–H groups in total. The molecule has 0 aliphatic carbocycles. The average molecular weight is 376 g/mol. The maximum absolute atomic E-state index is 14.8. The number of para-hydroxylation sites is 1. The van der Waals surface area contributed by atoms with Crippen LogP contribution in [-0.4, -0.2) is 46.4 Å². The van der Waals surface area contributed by atoms with Gasteiger partial charge >= 0.3 is 11.9 Å². The van der Waals surface area contributed by atoms with Crippen LogP contribution < -0.4 is 10.2 Å². The van der Waals surface area contributed by atoms with Gasteiger partial charge in [-0.2, -0.15) is 0 Å². The first-order chi connectivity index (χ1) is 13.0. The van der Waals surface area contributed by atoms with Crippen molar-refractivity contribution in [2.45, 2.75) is 0 Å². The summed E-state index contributed by atoms with van der Waals surface area (Å²) in [5.41, 5.74) is 0.272. The minimum Gasteiger partial charge on any atom is -0.465 e. The largest absolute Gasteiger partial charge is 0.465 e. The van der Waals surface area contributed by atoms with Crippen molar-refractivity contribution < 1.29 is 28.2 Å². The van der Waals surface area contributed by atoms with Gasteiger partial charge in [-0.1, -0.05) is 12.1 Å². The van der Waals surface area contributed by atoms with Crippen molar-refractivity contribution in [1.29, 1.82) is 0 Å². The van der Waals surface area contributed by atoms with E-state index in [0.717, 1.165) is 0 Å². The van der Waals surface area contributed by atoms with Crippen LogP contribution in [0.2, 0.25) is 0 Å². The molecule has 1 heterocycles. The number of methoxy groups -OCH3 is 3. The molecule has 8 heteroatoms. The summed E-state index contributed by atoms with van der Waals surface area (Å²) in [6, 6.07) is 4.46. The Morgan fingerprint density at radius 1 is 1.11 bits per heavy atom. The molecule has 1 aliphatic heterocycles. The summed E-state index contributed by atoms with van der Waals surface area (Å²) in [6.07, 6.45) is 6.00. The summed E-state index contributed by atoms with van der Waals surface area (Å²) >= 11 is 0. The van der Waals surface area contributed by atoms with Gasteiger partial charge in [0.25, 0.3) is 0 Å². The molecular formula is C19H21FN2O5. The Kier molecular flexibility index (Phi) is 7.13. The highest BCUT2D eigenvalue weighted by Crippen LogP contribution is 2.34. The van der Waals surface area contributed by atoms with Gasteiger partial charge < -0.3 is 24.4 Å². The quantitative estimate of drug-likeness (QED) is 0.578. The summed E-state index contributed by atoms with van der Waals surface area (Å²) in [6.45, 7) is 0.824. The summed E-state index contributed by atoms with van der Waals surface area (Å²) in [4.78, 5) is 25.9. The van der Waals surface area contributed by atoms with Crippen LogP contribution in [0, 0.1) is 5.82 Å². The third-order valence-electron chi connectivity index (χ3n) is 3.74. The Hall–Kier alpha value is -3.13. The van der Waals surface area contributed by atoms with Crippen LogP contribution in [0.3, 0.4) is 0 Å². The zero-order valence-electron chi connectivity index (χ0n) is 15.3. The molecule has 0 atom stereocenters. The van der Waals surface area contributed by atoms with Crippen molar-refractivity contribution in [3.05, 3.63) is 59.7 Å². The van der Waals surface area contributed by atoms with E-state index in [-0.39, 0.29) is 17.0 Å². The number of allylic oxidation sites excluding steroid dienone is 2. The molecule has 144 valence electrons. The smallest absolute Gasteiger partial charge is 0.355 e. The van der Waals surface area contributed by atoms with Gasteiger partial charge in [0.05, 0.1) is 32.1 Å². The topological polar surface area (TPSA) is 77.1 Å². The van der Waals surface area contributed by atoms with E-state index in [0.29, 0.717) is 18.8 Å². The van der Waals surface area contributed by atoms with Crippen molar-refractivity contribution in [3.8, 4) is 0 Å². The maximum Gasteiger partial charge on any atom is 0.355 e. The molecule has 1 aromatic rings. The summed E-state index contributed by atoms with van der Waals surface area (Å²) in [5, 5.41) is 3.06. The van der Waals surface area contributed by atoms with Crippen LogP contribution in [0.5, 0.6) is 0 Å². The summed E-state index contributed by atoms with van der Waals surface area (Å²) < 4.78 is 29.4. The van der Waals surface area contributed by atoms with E-state index in [4.69, 9.17) is 14.2 Å². The Balaban J connectivity index is 2.64. The SMILES string of the molecule is COCCNc1cccc(F)c1N1C=CC=CC(C(=O)OC)=C1C(=O)OC. The fourth-order valence-electron chi connectivity index (χ4n) is 2.53. The molecule has 0 fully saturated rings. The van der Waals surface area contributed by atoms with Crippen LogP contribution in [0.4, 0.5) is 15.8 Å². The number of ether oxygens (including phenoxy) is 3. The Morgan fingerprint density at radius 2 is 1.85 bits per heavy atom. The van der Waals surface area contributed by atoms with Crippen LogP contribution in [0.25, 0.3) is 0 Å². The van der Waals surface area contributed by atoms with Gasteiger partial charge in [0.2, 0.25) is 0 Å². The molecule has 0 bridgehead atoms. The molecule has 27 heavy (non-hydrogen) atoms. The molecule has 0 spiro atoms. The van der Waals surface area contributed by atoms with Crippen LogP contribution in [-0.2, 0) is 23.8 Å². The number of hydrogen-bond acceptors (Lipinski definition) is 7. The van der Waals surface area contributed by atoms with E-state index in [1.165, 1.54) is 43.5 Å². The number of carbonyl (C=O) groups excluding carboxylic acids is 2. The molecule has 2 rings (SSSR count). The third-order valence-corrected chi connectivity index (χ3v) is 3.74.